The van der Waals surface area contributed by atoms with Crippen molar-refractivity contribution < 1.29 is 14.2 Å². The number of fused-ring (bicyclic) bond motifs is 1. The van der Waals surface area contributed by atoms with Crippen molar-refractivity contribution in [3.63, 3.8) is 0 Å². The van der Waals surface area contributed by atoms with Crippen molar-refractivity contribution in [3.05, 3.63) is 17.7 Å². The molecule has 0 saturated carbocycles. The summed E-state index contributed by atoms with van der Waals surface area (Å²) in [5.41, 5.74) is 1.27. The molecule has 0 spiro atoms. The lowest BCUT2D eigenvalue weighted by Gasteiger charge is -2.23. The van der Waals surface area contributed by atoms with Crippen LogP contribution in [0.2, 0.25) is 0 Å². The number of benzene rings is 1. The van der Waals surface area contributed by atoms with Gasteiger partial charge in [0.1, 0.15) is 0 Å². The first-order valence-corrected chi connectivity index (χ1v) is 6.54. The Labute approximate surface area is 107 Å². The molecule has 1 atom stereocenters. The van der Waals surface area contributed by atoms with Crippen LogP contribution in [0.4, 0.5) is 0 Å². The number of hydrogen-bond acceptors (Lipinski definition) is 4. The third-order valence-corrected chi connectivity index (χ3v) is 3.64. The largest absolute Gasteiger partial charge is 0.493 e. The second kappa shape index (κ2) is 5.06. The minimum atomic E-state index is 0.292. The molecular weight excluding hydrogens is 230 g/mol. The van der Waals surface area contributed by atoms with Gasteiger partial charge in [-0.25, -0.2) is 0 Å². The number of rotatable bonds is 3. The monoisotopic (exact) mass is 249 g/mol. The molecule has 1 saturated heterocycles. The van der Waals surface area contributed by atoms with Gasteiger partial charge >= 0.3 is 0 Å². The Morgan fingerprint density at radius 3 is 3.11 bits per heavy atom. The third kappa shape index (κ3) is 2.25. The maximum absolute atomic E-state index is 5.45. The summed E-state index contributed by atoms with van der Waals surface area (Å²) in [7, 11) is 1.67. The zero-order valence-corrected chi connectivity index (χ0v) is 10.7. The van der Waals surface area contributed by atoms with Crippen LogP contribution in [-0.2, 0) is 6.42 Å². The smallest absolute Gasteiger partial charge is 0.231 e. The summed E-state index contributed by atoms with van der Waals surface area (Å²) in [5.74, 6) is 3.05. The van der Waals surface area contributed by atoms with Gasteiger partial charge in [0.25, 0.3) is 0 Å². The lowest BCUT2D eigenvalue weighted by Crippen LogP contribution is -2.30. The first-order chi connectivity index (χ1) is 8.86. The molecule has 1 aromatic rings. The summed E-state index contributed by atoms with van der Waals surface area (Å²) in [5, 5.41) is 3.45. The predicted molar refractivity (Wildman–Crippen MR) is 68.4 cm³/mol. The van der Waals surface area contributed by atoms with Gasteiger partial charge in [-0.2, -0.15) is 0 Å². The van der Waals surface area contributed by atoms with Crippen LogP contribution in [0.25, 0.3) is 0 Å². The molecule has 1 fully saturated rings. The van der Waals surface area contributed by atoms with E-state index in [1.165, 1.54) is 18.4 Å². The number of piperidine rings is 1. The van der Waals surface area contributed by atoms with Gasteiger partial charge < -0.3 is 19.5 Å². The zero-order valence-electron chi connectivity index (χ0n) is 10.7. The molecular formula is C14H19NO3. The average molecular weight is 249 g/mol. The van der Waals surface area contributed by atoms with Gasteiger partial charge in [0.05, 0.1) is 7.11 Å². The van der Waals surface area contributed by atoms with Gasteiger partial charge in [-0.3, -0.25) is 0 Å². The van der Waals surface area contributed by atoms with Gasteiger partial charge in [0.15, 0.2) is 11.5 Å². The highest BCUT2D eigenvalue weighted by molar-refractivity contribution is 5.55. The van der Waals surface area contributed by atoms with Crippen molar-refractivity contribution in [2.75, 3.05) is 27.0 Å². The van der Waals surface area contributed by atoms with E-state index in [2.05, 4.69) is 17.4 Å². The molecule has 98 valence electrons. The van der Waals surface area contributed by atoms with Crippen LogP contribution in [0.3, 0.4) is 0 Å². The van der Waals surface area contributed by atoms with Gasteiger partial charge in [-0.15, -0.1) is 0 Å². The van der Waals surface area contributed by atoms with Gasteiger partial charge in [0, 0.05) is 0 Å². The molecule has 1 aromatic carbocycles. The molecule has 0 aromatic heterocycles. The summed E-state index contributed by atoms with van der Waals surface area (Å²) >= 11 is 0. The molecule has 2 heterocycles. The molecule has 0 radical (unpaired) electrons. The van der Waals surface area contributed by atoms with E-state index in [1.807, 2.05) is 0 Å². The van der Waals surface area contributed by atoms with E-state index in [0.717, 1.165) is 36.8 Å². The molecule has 4 heteroatoms. The fraction of sp³-hybridized carbons (Fsp3) is 0.571. The number of hydrogen-bond donors (Lipinski definition) is 1. The van der Waals surface area contributed by atoms with E-state index >= 15 is 0 Å². The predicted octanol–water partition coefficient (Wildman–Crippen LogP) is 1.97. The summed E-state index contributed by atoms with van der Waals surface area (Å²) in [6, 6.07) is 4.15. The molecule has 0 amide bonds. The van der Waals surface area contributed by atoms with Crippen molar-refractivity contribution in [1.82, 2.24) is 5.32 Å². The maximum Gasteiger partial charge on any atom is 0.231 e. The molecule has 3 rings (SSSR count). The van der Waals surface area contributed by atoms with E-state index < -0.39 is 0 Å². The SMILES string of the molecule is COc1cc(CC2CCCNC2)cc2c1OCO2. The minimum absolute atomic E-state index is 0.292. The van der Waals surface area contributed by atoms with E-state index in [9.17, 15) is 0 Å². The fourth-order valence-corrected chi connectivity index (χ4v) is 2.73. The molecule has 0 bridgehead atoms. The Bertz CT molecular complexity index is 427. The van der Waals surface area contributed by atoms with Gasteiger partial charge in [-0.1, -0.05) is 0 Å². The molecule has 4 nitrogen and oxygen atoms in total. The Kier molecular flexibility index (Phi) is 3.28. The van der Waals surface area contributed by atoms with Crippen molar-refractivity contribution in [2.24, 2.45) is 5.92 Å². The summed E-state index contributed by atoms with van der Waals surface area (Å²) < 4.78 is 16.2. The lowest BCUT2D eigenvalue weighted by molar-refractivity contribution is 0.171. The molecule has 2 aliphatic rings. The van der Waals surface area contributed by atoms with E-state index in [1.54, 1.807) is 7.11 Å². The van der Waals surface area contributed by atoms with Crippen LogP contribution in [0.1, 0.15) is 18.4 Å². The highest BCUT2D eigenvalue weighted by atomic mass is 16.7. The zero-order chi connectivity index (χ0) is 12.4. The molecule has 0 aliphatic carbocycles. The van der Waals surface area contributed by atoms with Crippen LogP contribution in [0, 0.1) is 5.92 Å². The molecule has 1 N–H and O–H groups in total. The standard InChI is InChI=1S/C14H19NO3/c1-16-12-6-11(5-10-3-2-4-15-8-10)7-13-14(12)18-9-17-13/h6-7,10,15H,2-5,8-9H2,1H3. The average Bonchev–Trinajstić information content (AvgIpc) is 2.87. The Hall–Kier alpha value is -1.42. The normalized spacial score (nSPS) is 21.9. The fourth-order valence-electron chi connectivity index (χ4n) is 2.73. The third-order valence-electron chi connectivity index (χ3n) is 3.64. The number of methoxy groups -OCH3 is 1. The van der Waals surface area contributed by atoms with Crippen LogP contribution in [-0.4, -0.2) is 27.0 Å². The topological polar surface area (TPSA) is 39.7 Å². The highest BCUT2D eigenvalue weighted by Crippen LogP contribution is 2.42. The van der Waals surface area contributed by atoms with Crippen molar-refractivity contribution in [2.45, 2.75) is 19.3 Å². The molecule has 18 heavy (non-hydrogen) atoms. The van der Waals surface area contributed by atoms with E-state index in [0.29, 0.717) is 12.7 Å². The van der Waals surface area contributed by atoms with Crippen molar-refractivity contribution >= 4 is 0 Å². The van der Waals surface area contributed by atoms with E-state index in [-0.39, 0.29) is 0 Å². The van der Waals surface area contributed by atoms with Crippen molar-refractivity contribution in [1.29, 1.82) is 0 Å². The van der Waals surface area contributed by atoms with E-state index in [4.69, 9.17) is 14.2 Å². The van der Waals surface area contributed by atoms with Crippen LogP contribution in [0.5, 0.6) is 17.2 Å². The van der Waals surface area contributed by atoms with Gasteiger partial charge in [0.2, 0.25) is 12.5 Å². The maximum atomic E-state index is 5.45. The lowest BCUT2D eigenvalue weighted by atomic mass is 9.92. The van der Waals surface area contributed by atoms with Crippen LogP contribution in [0.15, 0.2) is 12.1 Å². The quantitative estimate of drug-likeness (QED) is 0.889. The van der Waals surface area contributed by atoms with Gasteiger partial charge in [-0.05, 0) is 56.0 Å². The van der Waals surface area contributed by atoms with Crippen LogP contribution >= 0.6 is 0 Å². The van der Waals surface area contributed by atoms with Crippen molar-refractivity contribution in [3.8, 4) is 17.2 Å². The summed E-state index contributed by atoms with van der Waals surface area (Å²) in [6.45, 7) is 2.55. The molecule has 1 unspecified atom stereocenters. The molecule has 2 aliphatic heterocycles. The minimum Gasteiger partial charge on any atom is -0.493 e. The first kappa shape index (κ1) is 11.7. The first-order valence-electron chi connectivity index (χ1n) is 6.54. The summed E-state index contributed by atoms with van der Waals surface area (Å²) in [4.78, 5) is 0. The Morgan fingerprint density at radius 2 is 2.33 bits per heavy atom. The second-order valence-electron chi connectivity index (χ2n) is 4.95. The Balaban J connectivity index is 1.79. The Morgan fingerprint density at radius 1 is 1.39 bits per heavy atom. The highest BCUT2D eigenvalue weighted by Gasteiger charge is 2.21. The summed E-state index contributed by atoms with van der Waals surface area (Å²) in [6.07, 6.45) is 3.64. The number of ether oxygens (including phenoxy) is 3. The second-order valence-corrected chi connectivity index (χ2v) is 4.95. The number of nitrogens with one attached hydrogen (secondary N) is 1. The van der Waals surface area contributed by atoms with Crippen LogP contribution < -0.4 is 19.5 Å².